The van der Waals surface area contributed by atoms with Crippen molar-refractivity contribution in [1.82, 2.24) is 5.32 Å². The van der Waals surface area contributed by atoms with Gasteiger partial charge in [0.2, 0.25) is 5.82 Å². The maximum atomic E-state index is 13.8. The van der Waals surface area contributed by atoms with Crippen molar-refractivity contribution >= 4 is 28.6 Å². The van der Waals surface area contributed by atoms with Crippen molar-refractivity contribution in [2.75, 3.05) is 0 Å². The second kappa shape index (κ2) is 6.10. The van der Waals surface area contributed by atoms with E-state index in [4.69, 9.17) is 11.6 Å². The van der Waals surface area contributed by atoms with Crippen LogP contribution in [0.15, 0.2) is 30.3 Å². The summed E-state index contributed by atoms with van der Waals surface area (Å²) in [6, 6.07) is 7.82. The molecule has 1 heterocycles. The first-order chi connectivity index (χ1) is 9.08. The monoisotopic (exact) mass is 300 g/mol. The predicted molar refractivity (Wildman–Crippen MR) is 72.9 cm³/mol. The van der Waals surface area contributed by atoms with Gasteiger partial charge in [-0.3, -0.25) is 10.1 Å². The molecule has 0 aliphatic carbocycles. The van der Waals surface area contributed by atoms with Crippen LogP contribution in [0.2, 0.25) is 4.34 Å². The van der Waals surface area contributed by atoms with Gasteiger partial charge in [-0.2, -0.15) is 4.39 Å². The maximum absolute atomic E-state index is 13.8. The van der Waals surface area contributed by atoms with Gasteiger partial charge < -0.3 is 5.32 Å². The zero-order chi connectivity index (χ0) is 13.8. The molecule has 7 heteroatoms. The first kappa shape index (κ1) is 13.9. The quantitative estimate of drug-likeness (QED) is 0.676. The van der Waals surface area contributed by atoms with Crippen LogP contribution in [0.5, 0.6) is 0 Å². The molecule has 19 heavy (non-hydrogen) atoms. The number of benzene rings is 1. The smallest absolute Gasteiger partial charge is 0.305 e. The molecule has 0 radical (unpaired) electrons. The van der Waals surface area contributed by atoms with Crippen LogP contribution in [0, 0.1) is 15.9 Å². The molecule has 0 atom stereocenters. The lowest BCUT2D eigenvalue weighted by atomic mass is 10.2. The molecule has 0 saturated carbocycles. The minimum Gasteiger partial charge on any atom is -0.308 e. The van der Waals surface area contributed by atoms with E-state index in [9.17, 15) is 14.5 Å². The van der Waals surface area contributed by atoms with Gasteiger partial charge in [-0.25, -0.2) is 0 Å². The van der Waals surface area contributed by atoms with Crippen molar-refractivity contribution in [3.8, 4) is 0 Å². The molecule has 0 spiro atoms. The molecule has 0 amide bonds. The average molecular weight is 301 g/mol. The van der Waals surface area contributed by atoms with Gasteiger partial charge in [0.25, 0.3) is 0 Å². The summed E-state index contributed by atoms with van der Waals surface area (Å²) in [6.45, 7) is 0.766. The lowest BCUT2D eigenvalue weighted by molar-refractivity contribution is -0.387. The van der Waals surface area contributed by atoms with Crippen molar-refractivity contribution in [1.29, 1.82) is 0 Å². The van der Waals surface area contributed by atoms with E-state index in [2.05, 4.69) is 5.32 Å². The summed E-state index contributed by atoms with van der Waals surface area (Å²) in [5.41, 5.74) is -0.227. The molecule has 0 fully saturated rings. The van der Waals surface area contributed by atoms with Crippen LogP contribution in [-0.2, 0) is 13.1 Å². The van der Waals surface area contributed by atoms with E-state index in [1.807, 2.05) is 6.07 Å². The number of nitro groups is 1. The predicted octanol–water partition coefficient (Wildman–Crippen LogP) is 3.74. The fourth-order valence-electron chi connectivity index (χ4n) is 1.61. The van der Waals surface area contributed by atoms with Crippen LogP contribution in [0.25, 0.3) is 0 Å². The summed E-state index contributed by atoms with van der Waals surface area (Å²) >= 11 is 7.23. The van der Waals surface area contributed by atoms with Crippen LogP contribution in [0.4, 0.5) is 10.1 Å². The lowest BCUT2D eigenvalue weighted by Gasteiger charge is -2.05. The van der Waals surface area contributed by atoms with Crippen LogP contribution >= 0.6 is 22.9 Å². The molecule has 1 aromatic carbocycles. The van der Waals surface area contributed by atoms with Crippen molar-refractivity contribution in [2.45, 2.75) is 13.1 Å². The fourth-order valence-corrected chi connectivity index (χ4v) is 2.67. The molecule has 0 unspecified atom stereocenters. The Morgan fingerprint density at radius 3 is 2.74 bits per heavy atom. The third-order valence-corrected chi connectivity index (χ3v) is 3.73. The van der Waals surface area contributed by atoms with Gasteiger partial charge in [-0.05, 0) is 12.1 Å². The standard InChI is InChI=1S/C12H10ClFN2O2S/c13-11-5-4-9(19-11)7-15-6-8-2-1-3-10(12(8)14)16(17)18/h1-5,15H,6-7H2. The van der Waals surface area contributed by atoms with E-state index in [0.717, 1.165) is 10.9 Å². The van der Waals surface area contributed by atoms with Gasteiger partial charge >= 0.3 is 5.69 Å². The third kappa shape index (κ3) is 3.50. The van der Waals surface area contributed by atoms with Gasteiger partial charge in [-0.1, -0.05) is 23.7 Å². The molecule has 100 valence electrons. The number of halogens is 2. The minimum absolute atomic E-state index is 0.225. The van der Waals surface area contributed by atoms with E-state index in [-0.39, 0.29) is 12.1 Å². The molecular weight excluding hydrogens is 291 g/mol. The highest BCUT2D eigenvalue weighted by Gasteiger charge is 2.16. The SMILES string of the molecule is O=[N+]([O-])c1cccc(CNCc2ccc(Cl)s2)c1F. The first-order valence-electron chi connectivity index (χ1n) is 5.44. The number of rotatable bonds is 5. The van der Waals surface area contributed by atoms with Crippen LogP contribution in [-0.4, -0.2) is 4.92 Å². The molecule has 0 aliphatic rings. The second-order valence-electron chi connectivity index (χ2n) is 3.82. The number of hydrogen-bond acceptors (Lipinski definition) is 4. The van der Waals surface area contributed by atoms with Crippen LogP contribution in [0.3, 0.4) is 0 Å². The second-order valence-corrected chi connectivity index (χ2v) is 5.62. The van der Waals surface area contributed by atoms with Crippen molar-refractivity contribution < 1.29 is 9.31 Å². The molecule has 1 N–H and O–H groups in total. The number of hydrogen-bond donors (Lipinski definition) is 1. The summed E-state index contributed by atoms with van der Waals surface area (Å²) in [7, 11) is 0. The summed E-state index contributed by atoms with van der Waals surface area (Å²) in [5.74, 6) is -0.788. The van der Waals surface area contributed by atoms with Gasteiger partial charge in [0.05, 0.1) is 9.26 Å². The van der Waals surface area contributed by atoms with E-state index in [1.54, 1.807) is 6.07 Å². The number of nitro benzene ring substituents is 1. The zero-order valence-corrected chi connectivity index (χ0v) is 11.3. The van der Waals surface area contributed by atoms with Crippen molar-refractivity contribution in [3.05, 3.63) is 61.0 Å². The van der Waals surface area contributed by atoms with Crippen LogP contribution < -0.4 is 5.32 Å². The Labute approximate surface area is 118 Å². The Morgan fingerprint density at radius 2 is 2.11 bits per heavy atom. The largest absolute Gasteiger partial charge is 0.308 e. The number of nitrogens with one attached hydrogen (secondary N) is 1. The minimum atomic E-state index is -0.788. The molecule has 2 rings (SSSR count). The molecular formula is C12H10ClFN2O2S. The molecule has 4 nitrogen and oxygen atoms in total. The Kier molecular flexibility index (Phi) is 4.47. The van der Waals surface area contributed by atoms with Crippen molar-refractivity contribution in [2.24, 2.45) is 0 Å². The first-order valence-corrected chi connectivity index (χ1v) is 6.64. The highest BCUT2D eigenvalue weighted by atomic mass is 35.5. The van der Waals surface area contributed by atoms with Gasteiger partial charge in [0.15, 0.2) is 0 Å². The Bertz CT molecular complexity index is 603. The Morgan fingerprint density at radius 1 is 1.32 bits per heavy atom. The van der Waals surface area contributed by atoms with Crippen molar-refractivity contribution in [3.63, 3.8) is 0 Å². The Hall–Kier alpha value is -1.50. The molecule has 0 aliphatic heterocycles. The van der Waals surface area contributed by atoms with E-state index < -0.39 is 16.4 Å². The molecule has 1 aromatic heterocycles. The fraction of sp³-hybridized carbons (Fsp3) is 0.167. The van der Waals surface area contributed by atoms with Gasteiger partial charge in [0, 0.05) is 29.6 Å². The van der Waals surface area contributed by atoms with Gasteiger partial charge in [0.1, 0.15) is 0 Å². The average Bonchev–Trinajstić information content (AvgIpc) is 2.77. The summed E-state index contributed by atoms with van der Waals surface area (Å²) in [4.78, 5) is 10.9. The number of thiophene rings is 1. The maximum Gasteiger partial charge on any atom is 0.305 e. The summed E-state index contributed by atoms with van der Waals surface area (Å²) in [6.07, 6.45) is 0. The molecule has 0 bridgehead atoms. The topological polar surface area (TPSA) is 55.2 Å². The zero-order valence-electron chi connectivity index (χ0n) is 9.73. The van der Waals surface area contributed by atoms with Crippen LogP contribution in [0.1, 0.15) is 10.4 Å². The summed E-state index contributed by atoms with van der Waals surface area (Å²) < 4.78 is 14.4. The van der Waals surface area contributed by atoms with Gasteiger partial charge in [-0.15, -0.1) is 11.3 Å². The number of nitrogens with zero attached hydrogens (tertiary/aromatic N) is 1. The normalized spacial score (nSPS) is 10.6. The lowest BCUT2D eigenvalue weighted by Crippen LogP contribution is -2.13. The summed E-state index contributed by atoms with van der Waals surface area (Å²) in [5, 5.41) is 13.6. The molecule has 0 saturated heterocycles. The highest BCUT2D eigenvalue weighted by Crippen LogP contribution is 2.22. The van der Waals surface area contributed by atoms with E-state index >= 15 is 0 Å². The van der Waals surface area contributed by atoms with E-state index in [0.29, 0.717) is 10.9 Å². The third-order valence-electron chi connectivity index (χ3n) is 2.50. The van der Waals surface area contributed by atoms with E-state index in [1.165, 1.54) is 23.5 Å². The molecule has 2 aromatic rings. The Balaban J connectivity index is 2.00. The highest BCUT2D eigenvalue weighted by molar-refractivity contribution is 7.16.